The van der Waals surface area contributed by atoms with Crippen molar-refractivity contribution in [3.63, 3.8) is 0 Å². The highest BCUT2D eigenvalue weighted by Gasteiger charge is 2.08. The average molecular weight is 114 g/mol. The van der Waals surface area contributed by atoms with Crippen molar-refractivity contribution < 1.29 is 2.74 Å². The van der Waals surface area contributed by atoms with Gasteiger partial charge < -0.3 is 0 Å². The van der Waals surface area contributed by atoms with Crippen LogP contribution >= 0.6 is 0 Å². The zero-order chi connectivity index (χ0) is 7.71. The zero-order valence-corrected chi connectivity index (χ0v) is 6.08. The highest BCUT2D eigenvalue weighted by Crippen LogP contribution is 2.04. The molecule has 0 unspecified atom stereocenters. The largest absolute Gasteiger partial charge is 0.120 e. The first-order chi connectivity index (χ1) is 3.81. The summed E-state index contributed by atoms with van der Waals surface area (Å²) in [4.78, 5) is 0. The van der Waals surface area contributed by atoms with E-state index in [0.29, 0.717) is 0 Å². The summed E-state index contributed by atoms with van der Waals surface area (Å²) in [6.07, 6.45) is 5.00. The van der Waals surface area contributed by atoms with Crippen molar-refractivity contribution in [2.24, 2.45) is 0 Å². The van der Waals surface area contributed by atoms with Crippen LogP contribution in [0.3, 0.4) is 0 Å². The molecule has 0 saturated carbocycles. The summed E-state index contributed by atoms with van der Waals surface area (Å²) in [5, 5.41) is 0. The van der Waals surface area contributed by atoms with Gasteiger partial charge in [-0.3, -0.25) is 0 Å². The lowest BCUT2D eigenvalue weighted by Gasteiger charge is -2.08. The Labute approximate surface area is 49.8 Å². The molecule has 0 aliphatic carbocycles. The van der Waals surface area contributed by atoms with E-state index in [1.165, 1.54) is 0 Å². The number of hydrogen-bond acceptors (Lipinski definition) is 0. The molecular weight excluding hydrogens is 100 g/mol. The van der Waals surface area contributed by atoms with Crippen LogP contribution in [0, 0.1) is 12.3 Å². The Hall–Kier alpha value is -0.223. The molecule has 0 heterocycles. The molecule has 0 N–H and O–H groups in total. The molecule has 0 aromatic rings. The van der Waals surface area contributed by atoms with E-state index in [-0.39, 0.29) is 0 Å². The molecule has 0 atom stereocenters. The maximum atomic E-state index is 7.32. The van der Waals surface area contributed by atoms with Crippen LogP contribution in [0.25, 0.3) is 0 Å². The molecule has 1 heteroatoms. The van der Waals surface area contributed by atoms with Crippen LogP contribution in [-0.2, 0) is 0 Å². The molecule has 0 nitrogen and oxygen atoms in total. The molecule has 0 amide bonds. The van der Waals surface area contributed by atoms with Crippen LogP contribution in [0.15, 0.2) is 0 Å². The lowest BCUT2D eigenvalue weighted by molar-refractivity contribution is 1.57. The van der Waals surface area contributed by atoms with Crippen molar-refractivity contribution in [2.45, 2.75) is 25.6 Å². The van der Waals surface area contributed by atoms with Gasteiger partial charge in [-0.25, -0.2) is 0 Å². The molecule has 0 aromatic carbocycles. The smallest absolute Gasteiger partial charge is 0.0573 e. The van der Waals surface area contributed by atoms with Crippen LogP contribution in [0.4, 0.5) is 0 Å². The van der Waals surface area contributed by atoms with Gasteiger partial charge in [0.2, 0.25) is 0 Å². The fourth-order valence-corrected chi connectivity index (χ4v) is 0.650. The zero-order valence-electron chi connectivity index (χ0n) is 7.08. The molecule has 7 heavy (non-hydrogen) atoms. The van der Waals surface area contributed by atoms with E-state index in [1.807, 2.05) is 19.6 Å². The Balaban J connectivity index is 4.39. The van der Waals surface area contributed by atoms with Gasteiger partial charge in [0.25, 0.3) is 0 Å². The quantitative estimate of drug-likeness (QED) is 0.361. The molecule has 0 fully saturated rings. The molecule has 0 bridgehead atoms. The fraction of sp³-hybridized carbons (Fsp3) is 0.667. The van der Waals surface area contributed by atoms with Crippen molar-refractivity contribution in [1.29, 1.82) is 0 Å². The van der Waals surface area contributed by atoms with Crippen molar-refractivity contribution in [3.05, 3.63) is 0 Å². The molecule has 0 rings (SSSR count). The first-order valence-electron chi connectivity index (χ1n) is 3.29. The van der Waals surface area contributed by atoms with Gasteiger partial charge in [-0.05, 0) is 0 Å². The molecule has 40 valence electrons. The predicted molar refractivity (Wildman–Crippen MR) is 37.0 cm³/mol. The summed E-state index contributed by atoms with van der Waals surface area (Å²) in [6, 6.07) is 0. The maximum Gasteiger partial charge on any atom is 0.0573 e. The third-order valence-electron chi connectivity index (χ3n) is 0.447. The molecule has 0 saturated heterocycles. The summed E-state index contributed by atoms with van der Waals surface area (Å²) < 4.78 is 14.6. The van der Waals surface area contributed by atoms with Crippen LogP contribution in [0.1, 0.15) is 2.74 Å². The summed E-state index contributed by atoms with van der Waals surface area (Å²) >= 11 is 0. The van der Waals surface area contributed by atoms with E-state index < -0.39 is 14.1 Å². The van der Waals surface area contributed by atoms with E-state index in [2.05, 4.69) is 5.92 Å². The fourth-order valence-electron chi connectivity index (χ4n) is 0.217. The number of terminal acetylenes is 1. The second-order valence-corrected chi connectivity index (χ2v) is 7.27. The summed E-state index contributed by atoms with van der Waals surface area (Å²) in [5.41, 5.74) is 0. The van der Waals surface area contributed by atoms with E-state index in [1.54, 1.807) is 0 Å². The summed E-state index contributed by atoms with van der Waals surface area (Å²) in [7, 11) is -1.79. The number of rotatable bonds is 1. The third kappa shape index (κ3) is 5.78. The molecular formula is C6H12Si. The van der Waals surface area contributed by atoms with E-state index >= 15 is 0 Å². The Kier molecular flexibility index (Phi) is 1.16. The predicted octanol–water partition coefficient (Wildman–Crippen LogP) is 1.96. The molecule has 0 aliphatic heterocycles. The first-order valence-corrected chi connectivity index (χ1v) is 5.79. The minimum atomic E-state index is -1.79. The molecule has 0 aromatic heterocycles. The van der Waals surface area contributed by atoms with Crippen molar-refractivity contribution in [1.82, 2.24) is 0 Å². The van der Waals surface area contributed by atoms with E-state index in [9.17, 15) is 0 Å². The Morgan fingerprint density at radius 1 is 1.71 bits per heavy atom. The van der Waals surface area contributed by atoms with Crippen LogP contribution in [0.5, 0.6) is 0 Å². The second-order valence-electron chi connectivity index (χ2n) is 2.52. The normalized spacial score (nSPS) is 16.9. The first kappa shape index (κ1) is 3.74. The van der Waals surface area contributed by atoms with Crippen molar-refractivity contribution in [2.75, 3.05) is 0 Å². The SMILES string of the molecule is [2H]C([2H])(C#C)[Si](C)(C)C. The Bertz CT molecular complexity index is 138. The van der Waals surface area contributed by atoms with E-state index in [4.69, 9.17) is 9.16 Å². The maximum absolute atomic E-state index is 7.32. The molecule has 0 aliphatic rings. The van der Waals surface area contributed by atoms with Gasteiger partial charge in [-0.1, -0.05) is 19.6 Å². The van der Waals surface area contributed by atoms with Gasteiger partial charge in [0, 0.05) is 8.74 Å². The highest BCUT2D eigenvalue weighted by atomic mass is 28.3. The monoisotopic (exact) mass is 114 g/mol. The van der Waals surface area contributed by atoms with Gasteiger partial charge in [-0.15, -0.1) is 12.3 Å². The molecule has 0 spiro atoms. The van der Waals surface area contributed by atoms with Crippen LogP contribution < -0.4 is 0 Å². The van der Waals surface area contributed by atoms with Crippen LogP contribution in [0.2, 0.25) is 25.6 Å². The summed E-state index contributed by atoms with van der Waals surface area (Å²) in [6.45, 7) is 5.77. The van der Waals surface area contributed by atoms with Gasteiger partial charge in [0.1, 0.15) is 0 Å². The average Bonchev–Trinajstić information content (AvgIpc) is 1.64. The Morgan fingerprint density at radius 2 is 2.14 bits per heavy atom. The summed E-state index contributed by atoms with van der Waals surface area (Å²) in [5.74, 6) is 0.822. The van der Waals surface area contributed by atoms with Crippen LogP contribution in [-0.4, -0.2) is 8.07 Å². The van der Waals surface area contributed by atoms with Crippen molar-refractivity contribution in [3.8, 4) is 12.3 Å². The molecule has 0 radical (unpaired) electrons. The number of hydrogen-bond donors (Lipinski definition) is 0. The minimum Gasteiger partial charge on any atom is -0.120 e. The van der Waals surface area contributed by atoms with Gasteiger partial charge in [-0.2, -0.15) is 0 Å². The Morgan fingerprint density at radius 3 is 2.14 bits per heavy atom. The highest BCUT2D eigenvalue weighted by molar-refractivity contribution is 6.76. The lowest BCUT2D eigenvalue weighted by Crippen LogP contribution is -2.17. The van der Waals surface area contributed by atoms with E-state index in [0.717, 1.165) is 0 Å². The topological polar surface area (TPSA) is 0 Å². The second kappa shape index (κ2) is 2.18. The third-order valence-corrected chi connectivity index (χ3v) is 1.34. The van der Waals surface area contributed by atoms with Gasteiger partial charge >= 0.3 is 0 Å². The van der Waals surface area contributed by atoms with Gasteiger partial charge in [0.05, 0.1) is 8.07 Å². The van der Waals surface area contributed by atoms with Crippen molar-refractivity contribution >= 4 is 8.07 Å². The lowest BCUT2D eigenvalue weighted by atomic mass is 10.8. The minimum absolute atomic E-state index is 1.35. The standard InChI is InChI=1S/C6H12Si/c1-5-6-7(2,3)4/h1H,6H2,2-4H3/i6D2. The van der Waals surface area contributed by atoms with Gasteiger partial charge in [0.15, 0.2) is 0 Å².